The molecular formula is C25H20ClFN6O2S. The van der Waals surface area contributed by atoms with Gasteiger partial charge in [-0.25, -0.2) is 4.39 Å². The number of nitrogens with zero attached hydrogens (tertiary/aromatic N) is 5. The maximum atomic E-state index is 15.1. The highest BCUT2D eigenvalue weighted by Crippen LogP contribution is 2.48. The van der Waals surface area contributed by atoms with Crippen molar-refractivity contribution in [2.45, 2.75) is 31.3 Å². The third-order valence-corrected chi connectivity index (χ3v) is 7.39. The Labute approximate surface area is 216 Å². The number of benzene rings is 2. The summed E-state index contributed by atoms with van der Waals surface area (Å²) in [5.74, 6) is -1.09. The second kappa shape index (κ2) is 9.00. The minimum absolute atomic E-state index is 0.0134. The van der Waals surface area contributed by atoms with Gasteiger partial charge in [-0.15, -0.1) is 0 Å². The largest absolute Gasteiger partial charge is 0.347 e. The molecule has 0 atom stereocenters. The number of halogens is 2. The molecular weight excluding hydrogens is 503 g/mol. The first-order chi connectivity index (χ1) is 17.3. The van der Waals surface area contributed by atoms with E-state index in [-0.39, 0.29) is 28.5 Å². The topological polar surface area (TPSA) is 94.3 Å². The number of hydrogen-bond donors (Lipinski definition) is 1. The summed E-state index contributed by atoms with van der Waals surface area (Å²) in [6.07, 6.45) is 3.51. The molecule has 2 aromatic carbocycles. The van der Waals surface area contributed by atoms with Crippen LogP contribution < -0.4 is 15.1 Å². The van der Waals surface area contributed by atoms with Crippen molar-refractivity contribution in [3.05, 3.63) is 76.3 Å². The van der Waals surface area contributed by atoms with Crippen molar-refractivity contribution in [2.24, 2.45) is 7.05 Å². The van der Waals surface area contributed by atoms with Crippen molar-refractivity contribution in [2.75, 3.05) is 9.80 Å². The fraction of sp³-hybridized carbons (Fsp3) is 0.240. The van der Waals surface area contributed by atoms with Crippen LogP contribution in [0, 0.1) is 17.1 Å². The van der Waals surface area contributed by atoms with Gasteiger partial charge in [-0.05, 0) is 67.9 Å². The van der Waals surface area contributed by atoms with Crippen molar-refractivity contribution in [1.29, 1.82) is 5.26 Å². The van der Waals surface area contributed by atoms with Gasteiger partial charge in [-0.3, -0.25) is 19.2 Å². The number of hydrogen-bond acceptors (Lipinski definition) is 5. The lowest BCUT2D eigenvalue weighted by Crippen LogP contribution is -2.55. The summed E-state index contributed by atoms with van der Waals surface area (Å²) in [6.45, 7) is -0.0134. The van der Waals surface area contributed by atoms with Gasteiger partial charge in [0, 0.05) is 31.0 Å². The Kier molecular flexibility index (Phi) is 5.98. The van der Waals surface area contributed by atoms with Crippen LogP contribution in [-0.4, -0.2) is 32.2 Å². The molecule has 0 radical (unpaired) electrons. The number of anilines is 2. The second-order valence-electron chi connectivity index (χ2n) is 8.72. The summed E-state index contributed by atoms with van der Waals surface area (Å²) in [4.78, 5) is 29.0. The molecule has 36 heavy (non-hydrogen) atoms. The van der Waals surface area contributed by atoms with Gasteiger partial charge < -0.3 is 10.2 Å². The van der Waals surface area contributed by atoms with Gasteiger partial charge in [0.05, 0.1) is 16.3 Å². The lowest BCUT2D eigenvalue weighted by Gasteiger charge is -2.43. The van der Waals surface area contributed by atoms with Crippen LogP contribution in [0.3, 0.4) is 0 Å². The Balaban J connectivity index is 1.42. The van der Waals surface area contributed by atoms with E-state index in [1.54, 1.807) is 36.2 Å². The Bertz CT molecular complexity index is 1460. The quantitative estimate of drug-likeness (QED) is 0.508. The van der Waals surface area contributed by atoms with Gasteiger partial charge in [0.15, 0.2) is 5.11 Å². The normalized spacial score (nSPS) is 16.3. The summed E-state index contributed by atoms with van der Waals surface area (Å²) in [6, 6.07) is 12.9. The van der Waals surface area contributed by atoms with Crippen LogP contribution in [-0.2, 0) is 18.4 Å². The fourth-order valence-electron chi connectivity index (χ4n) is 4.62. The van der Waals surface area contributed by atoms with Gasteiger partial charge in [0.2, 0.25) is 0 Å². The highest BCUT2D eigenvalue weighted by molar-refractivity contribution is 7.81. The molecule has 3 aromatic rings. The second-order valence-corrected chi connectivity index (χ2v) is 9.49. The van der Waals surface area contributed by atoms with E-state index in [0.717, 1.165) is 6.42 Å². The molecule has 1 saturated carbocycles. The third kappa shape index (κ3) is 3.72. The molecule has 11 heteroatoms. The molecule has 182 valence electrons. The minimum atomic E-state index is -0.890. The van der Waals surface area contributed by atoms with Gasteiger partial charge in [0.1, 0.15) is 23.1 Å². The molecule has 2 aliphatic rings. The summed E-state index contributed by atoms with van der Waals surface area (Å²) < 4.78 is 16.6. The van der Waals surface area contributed by atoms with Crippen molar-refractivity contribution in [1.82, 2.24) is 15.1 Å². The molecule has 1 N–H and O–H groups in total. The van der Waals surface area contributed by atoms with Crippen molar-refractivity contribution in [3.8, 4) is 6.07 Å². The predicted molar refractivity (Wildman–Crippen MR) is 136 cm³/mol. The molecule has 1 aliphatic heterocycles. The van der Waals surface area contributed by atoms with Crippen LogP contribution in [0.4, 0.5) is 15.8 Å². The van der Waals surface area contributed by atoms with E-state index in [4.69, 9.17) is 29.1 Å². The molecule has 2 fully saturated rings. The number of aryl methyl sites for hydroxylation is 1. The number of rotatable bonds is 5. The molecule has 5 rings (SSSR count). The van der Waals surface area contributed by atoms with Gasteiger partial charge in [-0.2, -0.15) is 10.4 Å². The van der Waals surface area contributed by atoms with Gasteiger partial charge in [-0.1, -0.05) is 17.7 Å². The molecule has 0 bridgehead atoms. The summed E-state index contributed by atoms with van der Waals surface area (Å²) in [5, 5.41) is 16.3. The maximum absolute atomic E-state index is 15.1. The lowest BCUT2D eigenvalue weighted by molar-refractivity contribution is -0.123. The minimum Gasteiger partial charge on any atom is -0.347 e. The zero-order valence-electron chi connectivity index (χ0n) is 19.2. The van der Waals surface area contributed by atoms with Crippen LogP contribution in [0.5, 0.6) is 0 Å². The van der Waals surface area contributed by atoms with E-state index < -0.39 is 11.4 Å². The van der Waals surface area contributed by atoms with E-state index in [9.17, 15) is 9.59 Å². The number of thiocarbonyl (C=S) groups is 1. The number of aromatic nitrogens is 2. The average molecular weight is 523 g/mol. The third-order valence-electron chi connectivity index (χ3n) is 6.71. The van der Waals surface area contributed by atoms with Gasteiger partial charge >= 0.3 is 0 Å². The predicted octanol–water partition coefficient (Wildman–Crippen LogP) is 4.08. The van der Waals surface area contributed by atoms with Crippen LogP contribution in [0.2, 0.25) is 5.02 Å². The first-order valence-corrected chi connectivity index (χ1v) is 12.0. The summed E-state index contributed by atoms with van der Waals surface area (Å²) in [5.41, 5.74) is 0.972. The van der Waals surface area contributed by atoms with Crippen molar-refractivity contribution < 1.29 is 14.0 Å². The van der Waals surface area contributed by atoms with E-state index >= 15 is 4.39 Å². The molecule has 8 nitrogen and oxygen atoms in total. The SMILES string of the molecule is Cn1nccc1C(=O)NCc1ccc(N2C(=S)N(c3ccc(C#N)c(Cl)c3)C(=O)C23CCC3)cc1F. The Morgan fingerprint density at radius 2 is 2.00 bits per heavy atom. The highest BCUT2D eigenvalue weighted by atomic mass is 35.5. The molecule has 1 aromatic heterocycles. The Morgan fingerprint density at radius 3 is 2.58 bits per heavy atom. The Morgan fingerprint density at radius 1 is 1.25 bits per heavy atom. The van der Waals surface area contributed by atoms with Crippen LogP contribution in [0.25, 0.3) is 0 Å². The highest BCUT2D eigenvalue weighted by Gasteiger charge is 2.59. The number of nitrogens with one attached hydrogen (secondary N) is 1. The molecule has 2 heterocycles. The molecule has 1 aliphatic carbocycles. The maximum Gasteiger partial charge on any atom is 0.269 e. The lowest BCUT2D eigenvalue weighted by atomic mass is 9.75. The number of amides is 2. The number of carbonyl (C=O) groups excluding carboxylic acids is 2. The monoisotopic (exact) mass is 522 g/mol. The van der Waals surface area contributed by atoms with Crippen molar-refractivity contribution in [3.63, 3.8) is 0 Å². The summed E-state index contributed by atoms with van der Waals surface area (Å²) >= 11 is 11.9. The smallest absolute Gasteiger partial charge is 0.269 e. The molecule has 2 amide bonds. The average Bonchev–Trinajstić information content (AvgIpc) is 3.35. The fourth-order valence-corrected chi connectivity index (χ4v) is 5.31. The first kappa shape index (κ1) is 23.9. The van der Waals surface area contributed by atoms with Crippen molar-refractivity contribution >= 4 is 52.1 Å². The first-order valence-electron chi connectivity index (χ1n) is 11.2. The molecule has 1 saturated heterocycles. The van der Waals surface area contributed by atoms with E-state index in [1.165, 1.54) is 34.0 Å². The molecule has 1 spiro atoms. The van der Waals surface area contributed by atoms with Crippen LogP contribution in [0.15, 0.2) is 48.7 Å². The van der Waals surface area contributed by atoms with E-state index in [1.807, 2.05) is 6.07 Å². The molecule has 0 unspecified atom stereocenters. The van der Waals surface area contributed by atoms with E-state index in [0.29, 0.717) is 41.0 Å². The number of carbonyl (C=O) groups is 2. The van der Waals surface area contributed by atoms with Crippen LogP contribution >= 0.6 is 23.8 Å². The Hall–Kier alpha value is -3.81. The zero-order chi connectivity index (χ0) is 25.6. The number of nitriles is 1. The standard InChI is InChI=1S/C25H20ClFN6O2S/c1-31-21(7-10-30-31)22(34)29-14-16-4-6-18(12-20(16)27)33-24(36)32(23(35)25(33)8-2-9-25)17-5-3-15(13-28)19(26)11-17/h3-7,10-12H,2,8-9,14H2,1H3,(H,29,34). The van der Waals surface area contributed by atoms with Gasteiger partial charge in [0.25, 0.3) is 11.8 Å². The zero-order valence-corrected chi connectivity index (χ0v) is 20.7. The summed E-state index contributed by atoms with van der Waals surface area (Å²) in [7, 11) is 1.65. The van der Waals surface area contributed by atoms with E-state index in [2.05, 4.69) is 10.4 Å². The van der Waals surface area contributed by atoms with Crippen LogP contribution in [0.1, 0.15) is 40.9 Å².